The first kappa shape index (κ1) is 13.1. The highest BCUT2D eigenvalue weighted by Gasteiger charge is 2.15. The number of likely N-dealkylation sites (N-methyl/N-ethyl adjacent to an activating group) is 1. The molecule has 2 N–H and O–H groups in total. The SMILES string of the molecule is CCNC(Cc1cc(F)ccc1Cl)c1ncc[nH]1. The molecule has 5 heteroatoms. The maximum absolute atomic E-state index is 13.2. The fourth-order valence-corrected chi connectivity index (χ4v) is 2.09. The molecule has 2 aromatic rings. The van der Waals surface area contributed by atoms with Crippen molar-refractivity contribution < 1.29 is 4.39 Å². The van der Waals surface area contributed by atoms with Gasteiger partial charge in [-0.25, -0.2) is 9.37 Å². The summed E-state index contributed by atoms with van der Waals surface area (Å²) in [5.74, 6) is 0.557. The van der Waals surface area contributed by atoms with Crippen molar-refractivity contribution in [2.75, 3.05) is 6.54 Å². The zero-order valence-electron chi connectivity index (χ0n) is 10.1. The largest absolute Gasteiger partial charge is 0.347 e. The van der Waals surface area contributed by atoms with Gasteiger partial charge in [-0.3, -0.25) is 0 Å². The van der Waals surface area contributed by atoms with Crippen LogP contribution in [0.5, 0.6) is 0 Å². The zero-order valence-corrected chi connectivity index (χ0v) is 10.8. The van der Waals surface area contributed by atoms with E-state index in [0.717, 1.165) is 17.9 Å². The third kappa shape index (κ3) is 3.09. The van der Waals surface area contributed by atoms with Gasteiger partial charge < -0.3 is 10.3 Å². The van der Waals surface area contributed by atoms with E-state index in [1.54, 1.807) is 18.5 Å². The summed E-state index contributed by atoms with van der Waals surface area (Å²) in [5.41, 5.74) is 0.777. The van der Waals surface area contributed by atoms with Gasteiger partial charge in [0.25, 0.3) is 0 Å². The number of imidazole rings is 1. The van der Waals surface area contributed by atoms with E-state index in [2.05, 4.69) is 15.3 Å². The van der Waals surface area contributed by atoms with E-state index in [4.69, 9.17) is 11.6 Å². The molecule has 0 saturated carbocycles. The monoisotopic (exact) mass is 267 g/mol. The number of hydrogen-bond donors (Lipinski definition) is 2. The number of nitrogens with one attached hydrogen (secondary N) is 2. The molecule has 0 saturated heterocycles. The Morgan fingerprint density at radius 3 is 3.00 bits per heavy atom. The summed E-state index contributed by atoms with van der Waals surface area (Å²) < 4.78 is 13.2. The van der Waals surface area contributed by atoms with Gasteiger partial charge in [-0.2, -0.15) is 0 Å². The quantitative estimate of drug-likeness (QED) is 0.874. The van der Waals surface area contributed by atoms with Crippen molar-refractivity contribution in [3.05, 3.63) is 52.8 Å². The first-order valence-corrected chi connectivity index (χ1v) is 6.25. The summed E-state index contributed by atoms with van der Waals surface area (Å²) in [7, 11) is 0. The van der Waals surface area contributed by atoms with Gasteiger partial charge in [-0.1, -0.05) is 18.5 Å². The van der Waals surface area contributed by atoms with E-state index in [9.17, 15) is 4.39 Å². The number of aromatic amines is 1. The molecule has 0 spiro atoms. The molecule has 2 rings (SSSR count). The molecule has 1 atom stereocenters. The number of aromatic nitrogens is 2. The molecule has 96 valence electrons. The Morgan fingerprint density at radius 1 is 1.50 bits per heavy atom. The Balaban J connectivity index is 2.21. The molecule has 0 aliphatic rings. The van der Waals surface area contributed by atoms with Crippen molar-refractivity contribution in [1.29, 1.82) is 0 Å². The molecule has 1 unspecified atom stereocenters. The van der Waals surface area contributed by atoms with Crippen LogP contribution in [-0.4, -0.2) is 16.5 Å². The Kier molecular flexibility index (Phi) is 4.33. The van der Waals surface area contributed by atoms with Gasteiger partial charge in [0.2, 0.25) is 0 Å². The van der Waals surface area contributed by atoms with Gasteiger partial charge in [-0.15, -0.1) is 0 Å². The van der Waals surface area contributed by atoms with Crippen molar-refractivity contribution in [2.45, 2.75) is 19.4 Å². The molecule has 0 aliphatic carbocycles. The Labute approximate surface area is 110 Å². The first-order valence-electron chi connectivity index (χ1n) is 5.87. The van der Waals surface area contributed by atoms with Crippen LogP contribution in [0.3, 0.4) is 0 Å². The van der Waals surface area contributed by atoms with E-state index in [0.29, 0.717) is 11.4 Å². The summed E-state index contributed by atoms with van der Waals surface area (Å²) in [6.45, 7) is 2.82. The number of hydrogen-bond acceptors (Lipinski definition) is 2. The lowest BCUT2D eigenvalue weighted by Crippen LogP contribution is -2.24. The van der Waals surface area contributed by atoms with Crippen LogP contribution in [0.15, 0.2) is 30.6 Å². The third-order valence-electron chi connectivity index (χ3n) is 2.73. The second-order valence-electron chi connectivity index (χ2n) is 4.02. The predicted molar refractivity (Wildman–Crippen MR) is 70.1 cm³/mol. The average molecular weight is 268 g/mol. The highest BCUT2D eigenvalue weighted by atomic mass is 35.5. The fraction of sp³-hybridized carbons (Fsp3) is 0.308. The van der Waals surface area contributed by atoms with Gasteiger partial charge in [0, 0.05) is 17.4 Å². The molecule has 0 amide bonds. The van der Waals surface area contributed by atoms with Gasteiger partial charge in [-0.05, 0) is 36.7 Å². The average Bonchev–Trinajstić information content (AvgIpc) is 2.87. The van der Waals surface area contributed by atoms with E-state index < -0.39 is 0 Å². The number of halogens is 2. The number of H-pyrrole nitrogens is 1. The predicted octanol–water partition coefficient (Wildman–Crippen LogP) is 3.10. The van der Waals surface area contributed by atoms with Crippen molar-refractivity contribution in [3.8, 4) is 0 Å². The van der Waals surface area contributed by atoms with Crippen molar-refractivity contribution in [3.63, 3.8) is 0 Å². The topological polar surface area (TPSA) is 40.7 Å². The molecular weight excluding hydrogens is 253 g/mol. The lowest BCUT2D eigenvalue weighted by atomic mass is 10.1. The van der Waals surface area contributed by atoms with Crippen LogP contribution in [0.1, 0.15) is 24.4 Å². The lowest BCUT2D eigenvalue weighted by molar-refractivity contribution is 0.524. The molecule has 0 radical (unpaired) electrons. The maximum atomic E-state index is 13.2. The summed E-state index contributed by atoms with van der Waals surface area (Å²) in [6, 6.07) is 4.41. The molecule has 0 bridgehead atoms. The van der Waals surface area contributed by atoms with Crippen LogP contribution in [0.4, 0.5) is 4.39 Å². The van der Waals surface area contributed by atoms with E-state index in [1.807, 2.05) is 6.92 Å². The Hall–Kier alpha value is -1.39. The Bertz CT molecular complexity index is 499. The summed E-state index contributed by atoms with van der Waals surface area (Å²) >= 11 is 6.08. The van der Waals surface area contributed by atoms with Crippen LogP contribution in [0.25, 0.3) is 0 Å². The highest BCUT2D eigenvalue weighted by Crippen LogP contribution is 2.22. The Morgan fingerprint density at radius 2 is 2.33 bits per heavy atom. The molecule has 3 nitrogen and oxygen atoms in total. The number of nitrogens with zero attached hydrogens (tertiary/aromatic N) is 1. The second-order valence-corrected chi connectivity index (χ2v) is 4.43. The van der Waals surface area contributed by atoms with Crippen LogP contribution < -0.4 is 5.32 Å². The summed E-state index contributed by atoms with van der Waals surface area (Å²) in [5, 5.41) is 3.88. The molecule has 0 fully saturated rings. The number of rotatable bonds is 5. The fourth-order valence-electron chi connectivity index (χ4n) is 1.90. The van der Waals surface area contributed by atoms with E-state index in [-0.39, 0.29) is 11.9 Å². The van der Waals surface area contributed by atoms with E-state index in [1.165, 1.54) is 12.1 Å². The second kappa shape index (κ2) is 5.98. The zero-order chi connectivity index (χ0) is 13.0. The normalized spacial score (nSPS) is 12.6. The summed E-state index contributed by atoms with van der Waals surface area (Å²) in [6.07, 6.45) is 4.07. The molecule has 18 heavy (non-hydrogen) atoms. The lowest BCUT2D eigenvalue weighted by Gasteiger charge is -2.16. The van der Waals surface area contributed by atoms with Gasteiger partial charge >= 0.3 is 0 Å². The molecular formula is C13H15ClFN3. The molecule has 0 aliphatic heterocycles. The molecule has 1 heterocycles. The van der Waals surface area contributed by atoms with Gasteiger partial charge in [0.05, 0.1) is 6.04 Å². The van der Waals surface area contributed by atoms with Crippen LogP contribution in [-0.2, 0) is 6.42 Å². The van der Waals surface area contributed by atoms with Gasteiger partial charge in [0.1, 0.15) is 11.6 Å². The van der Waals surface area contributed by atoms with Crippen molar-refractivity contribution >= 4 is 11.6 Å². The maximum Gasteiger partial charge on any atom is 0.123 e. The van der Waals surface area contributed by atoms with Crippen LogP contribution in [0.2, 0.25) is 5.02 Å². The minimum Gasteiger partial charge on any atom is -0.347 e. The minimum atomic E-state index is -0.274. The smallest absolute Gasteiger partial charge is 0.123 e. The van der Waals surface area contributed by atoms with Gasteiger partial charge in [0.15, 0.2) is 0 Å². The minimum absolute atomic E-state index is 0.00398. The van der Waals surface area contributed by atoms with E-state index >= 15 is 0 Å². The van der Waals surface area contributed by atoms with Crippen molar-refractivity contribution in [1.82, 2.24) is 15.3 Å². The standard InChI is InChI=1S/C13H15ClFN3/c1-2-16-12(13-17-5-6-18-13)8-9-7-10(15)3-4-11(9)14/h3-7,12,16H,2,8H2,1H3,(H,17,18). The van der Waals surface area contributed by atoms with Crippen LogP contribution in [0, 0.1) is 5.82 Å². The molecule has 1 aromatic carbocycles. The molecule has 1 aromatic heterocycles. The van der Waals surface area contributed by atoms with Crippen molar-refractivity contribution in [2.24, 2.45) is 0 Å². The highest BCUT2D eigenvalue weighted by molar-refractivity contribution is 6.31. The third-order valence-corrected chi connectivity index (χ3v) is 3.10. The van der Waals surface area contributed by atoms with Crippen LogP contribution >= 0.6 is 11.6 Å². The number of benzene rings is 1. The first-order chi connectivity index (χ1) is 8.70. The summed E-state index contributed by atoms with van der Waals surface area (Å²) in [4.78, 5) is 7.29.